The SMILES string of the molecule is CC(C)(C)c1cc(N[C@@H](c2ccc(C(F)(F)F)cc2)C(C)(C)O)n2ncnc2n1. The van der Waals surface area contributed by atoms with E-state index in [4.69, 9.17) is 0 Å². The molecule has 0 bridgehead atoms. The molecular weight excluding hydrogens is 383 g/mol. The van der Waals surface area contributed by atoms with Gasteiger partial charge in [-0.25, -0.2) is 4.98 Å². The summed E-state index contributed by atoms with van der Waals surface area (Å²) in [4.78, 5) is 8.66. The summed E-state index contributed by atoms with van der Waals surface area (Å²) in [5.74, 6) is 0.922. The van der Waals surface area contributed by atoms with Gasteiger partial charge < -0.3 is 10.4 Å². The van der Waals surface area contributed by atoms with Gasteiger partial charge in [0.2, 0.25) is 0 Å². The molecule has 0 amide bonds. The number of hydrogen-bond acceptors (Lipinski definition) is 5. The summed E-state index contributed by atoms with van der Waals surface area (Å²) >= 11 is 0. The summed E-state index contributed by atoms with van der Waals surface area (Å²) in [6, 6.07) is 5.85. The van der Waals surface area contributed by atoms with Gasteiger partial charge in [-0.3, -0.25) is 0 Å². The van der Waals surface area contributed by atoms with E-state index in [1.165, 1.54) is 23.0 Å². The van der Waals surface area contributed by atoms with E-state index < -0.39 is 23.4 Å². The number of rotatable bonds is 4. The molecule has 29 heavy (non-hydrogen) atoms. The van der Waals surface area contributed by atoms with Crippen molar-refractivity contribution in [2.24, 2.45) is 0 Å². The van der Waals surface area contributed by atoms with Gasteiger partial charge in [0.1, 0.15) is 12.1 Å². The number of aromatic nitrogens is 4. The third kappa shape index (κ3) is 4.50. The van der Waals surface area contributed by atoms with Crippen LogP contribution in [0.5, 0.6) is 0 Å². The van der Waals surface area contributed by atoms with Crippen molar-refractivity contribution in [3.05, 3.63) is 53.5 Å². The summed E-state index contributed by atoms with van der Waals surface area (Å²) in [5.41, 5.74) is -1.01. The molecule has 0 saturated heterocycles. The van der Waals surface area contributed by atoms with Crippen LogP contribution in [-0.2, 0) is 11.6 Å². The summed E-state index contributed by atoms with van der Waals surface area (Å²) in [7, 11) is 0. The van der Waals surface area contributed by atoms with E-state index in [0.717, 1.165) is 17.8 Å². The normalized spacial score (nSPS) is 14.2. The highest BCUT2D eigenvalue weighted by molar-refractivity contribution is 5.49. The van der Waals surface area contributed by atoms with Crippen LogP contribution in [0.1, 0.15) is 57.5 Å². The minimum Gasteiger partial charge on any atom is -0.388 e. The lowest BCUT2D eigenvalue weighted by Crippen LogP contribution is -2.35. The van der Waals surface area contributed by atoms with Gasteiger partial charge in [0.25, 0.3) is 5.78 Å². The Morgan fingerprint density at radius 1 is 1.03 bits per heavy atom. The number of aliphatic hydroxyl groups is 1. The maximum absolute atomic E-state index is 12.9. The first kappa shape index (κ1) is 21.0. The van der Waals surface area contributed by atoms with E-state index in [-0.39, 0.29) is 5.41 Å². The van der Waals surface area contributed by atoms with Crippen LogP contribution in [0.4, 0.5) is 19.0 Å². The summed E-state index contributed by atoms with van der Waals surface area (Å²) in [5, 5.41) is 18.1. The molecule has 2 aromatic heterocycles. The minimum absolute atomic E-state index is 0.261. The predicted molar refractivity (Wildman–Crippen MR) is 104 cm³/mol. The first-order valence-electron chi connectivity index (χ1n) is 9.14. The van der Waals surface area contributed by atoms with E-state index in [0.29, 0.717) is 17.2 Å². The van der Waals surface area contributed by atoms with Crippen LogP contribution in [0.25, 0.3) is 5.78 Å². The molecule has 0 spiro atoms. The van der Waals surface area contributed by atoms with Gasteiger partial charge in [-0.1, -0.05) is 32.9 Å². The number of benzene rings is 1. The molecule has 156 valence electrons. The topological polar surface area (TPSA) is 75.3 Å². The number of anilines is 1. The molecule has 0 unspecified atom stereocenters. The lowest BCUT2D eigenvalue weighted by molar-refractivity contribution is -0.137. The lowest BCUT2D eigenvalue weighted by atomic mass is 9.90. The highest BCUT2D eigenvalue weighted by Gasteiger charge is 2.33. The molecule has 1 aromatic carbocycles. The fourth-order valence-electron chi connectivity index (χ4n) is 2.98. The smallest absolute Gasteiger partial charge is 0.388 e. The van der Waals surface area contributed by atoms with Crippen molar-refractivity contribution in [1.82, 2.24) is 19.6 Å². The maximum atomic E-state index is 12.9. The Morgan fingerprint density at radius 3 is 2.17 bits per heavy atom. The van der Waals surface area contributed by atoms with Gasteiger partial charge in [0.15, 0.2) is 0 Å². The first-order chi connectivity index (χ1) is 13.3. The molecule has 0 saturated carbocycles. The van der Waals surface area contributed by atoms with Crippen LogP contribution in [0, 0.1) is 0 Å². The van der Waals surface area contributed by atoms with Gasteiger partial charge in [0.05, 0.1) is 22.9 Å². The van der Waals surface area contributed by atoms with E-state index in [1.54, 1.807) is 13.8 Å². The van der Waals surface area contributed by atoms with Crippen molar-refractivity contribution in [1.29, 1.82) is 0 Å². The molecule has 0 fully saturated rings. The quantitative estimate of drug-likeness (QED) is 0.672. The monoisotopic (exact) mass is 407 g/mol. The Morgan fingerprint density at radius 2 is 1.66 bits per heavy atom. The first-order valence-corrected chi connectivity index (χ1v) is 9.14. The Kier molecular flexibility index (Phi) is 5.06. The van der Waals surface area contributed by atoms with Crippen molar-refractivity contribution in [2.75, 3.05) is 5.32 Å². The van der Waals surface area contributed by atoms with Gasteiger partial charge >= 0.3 is 6.18 Å². The third-order valence-corrected chi connectivity index (χ3v) is 4.59. The van der Waals surface area contributed by atoms with E-state index >= 15 is 0 Å². The fourth-order valence-corrected chi connectivity index (χ4v) is 2.98. The molecule has 0 aliphatic rings. The van der Waals surface area contributed by atoms with Crippen molar-refractivity contribution in [3.8, 4) is 0 Å². The molecular formula is C20H24F3N5O. The van der Waals surface area contributed by atoms with Gasteiger partial charge in [-0.05, 0) is 31.5 Å². The number of hydrogen-bond donors (Lipinski definition) is 2. The summed E-state index contributed by atoms with van der Waals surface area (Å²) in [6.07, 6.45) is -3.05. The van der Waals surface area contributed by atoms with E-state index in [9.17, 15) is 18.3 Å². The van der Waals surface area contributed by atoms with E-state index in [1.807, 2.05) is 26.8 Å². The van der Waals surface area contributed by atoms with Crippen LogP contribution in [0.15, 0.2) is 36.7 Å². The Balaban J connectivity index is 2.06. The van der Waals surface area contributed by atoms with Crippen LogP contribution in [0.3, 0.4) is 0 Å². The van der Waals surface area contributed by atoms with E-state index in [2.05, 4.69) is 20.4 Å². The number of nitrogens with zero attached hydrogens (tertiary/aromatic N) is 4. The second-order valence-electron chi connectivity index (χ2n) is 8.60. The molecule has 3 aromatic rings. The van der Waals surface area contributed by atoms with Crippen LogP contribution in [-0.4, -0.2) is 30.3 Å². The third-order valence-electron chi connectivity index (χ3n) is 4.59. The molecule has 6 nitrogen and oxygen atoms in total. The minimum atomic E-state index is -4.42. The lowest BCUT2D eigenvalue weighted by Gasteiger charge is -2.32. The number of alkyl halides is 3. The molecule has 2 heterocycles. The second kappa shape index (κ2) is 6.98. The molecule has 9 heteroatoms. The average Bonchev–Trinajstić information content (AvgIpc) is 3.05. The second-order valence-corrected chi connectivity index (χ2v) is 8.60. The molecule has 3 rings (SSSR count). The molecule has 2 N–H and O–H groups in total. The average molecular weight is 407 g/mol. The zero-order chi connectivity index (χ0) is 21.6. The van der Waals surface area contributed by atoms with Crippen LogP contribution < -0.4 is 5.32 Å². The zero-order valence-electron chi connectivity index (χ0n) is 16.9. The highest BCUT2D eigenvalue weighted by atomic mass is 19.4. The number of halogens is 3. The summed E-state index contributed by atoms with van der Waals surface area (Å²) < 4.78 is 40.2. The molecule has 1 atom stereocenters. The van der Waals surface area contributed by atoms with Crippen LogP contribution in [0.2, 0.25) is 0 Å². The standard InChI is InChI=1S/C20H24F3N5O/c1-18(2,3)14-10-15(28-17(26-14)24-11-25-28)27-16(19(4,5)29)12-6-8-13(9-7-12)20(21,22)23/h6-11,16,27,29H,1-5H3/t16-/m0/s1. The number of nitrogens with one attached hydrogen (secondary N) is 1. The van der Waals surface area contributed by atoms with Crippen molar-refractivity contribution in [2.45, 2.75) is 57.9 Å². The number of fused-ring (bicyclic) bond motifs is 1. The Hall–Kier alpha value is -2.68. The Bertz CT molecular complexity index is 998. The largest absolute Gasteiger partial charge is 0.416 e. The van der Waals surface area contributed by atoms with Gasteiger partial charge in [0, 0.05) is 11.5 Å². The van der Waals surface area contributed by atoms with Crippen molar-refractivity contribution in [3.63, 3.8) is 0 Å². The zero-order valence-corrected chi connectivity index (χ0v) is 16.9. The van der Waals surface area contributed by atoms with Gasteiger partial charge in [-0.2, -0.15) is 27.8 Å². The van der Waals surface area contributed by atoms with Crippen molar-refractivity contribution >= 4 is 11.6 Å². The van der Waals surface area contributed by atoms with Crippen LogP contribution >= 0.6 is 0 Å². The maximum Gasteiger partial charge on any atom is 0.416 e. The predicted octanol–water partition coefficient (Wildman–Crippen LogP) is 4.36. The fraction of sp³-hybridized carbons (Fsp3) is 0.450. The highest BCUT2D eigenvalue weighted by Crippen LogP contribution is 2.34. The van der Waals surface area contributed by atoms with Crippen molar-refractivity contribution < 1.29 is 18.3 Å². The van der Waals surface area contributed by atoms with Gasteiger partial charge in [-0.15, -0.1) is 0 Å². The molecule has 0 radical (unpaired) electrons. The molecule has 0 aliphatic carbocycles. The molecule has 0 aliphatic heterocycles. The Labute approximate surface area is 166 Å². The summed E-state index contributed by atoms with van der Waals surface area (Å²) in [6.45, 7) is 9.21.